The van der Waals surface area contributed by atoms with Gasteiger partial charge in [-0.15, -0.1) is 11.3 Å². The van der Waals surface area contributed by atoms with Crippen LogP contribution in [0.4, 0.5) is 0 Å². The molecule has 84 valence electrons. The lowest BCUT2D eigenvalue weighted by molar-refractivity contribution is 0.307. The standard InChI is InChI=1S/C12H20N2S/c1-8-9(2)15-12(14-8)11(13)10-6-4-3-5-7-10/h10-11H,3-7,13H2,1-2H3. The fourth-order valence-electron chi connectivity index (χ4n) is 2.34. The van der Waals surface area contributed by atoms with Gasteiger partial charge < -0.3 is 5.73 Å². The van der Waals surface area contributed by atoms with Crippen molar-refractivity contribution in [3.63, 3.8) is 0 Å². The number of aromatic nitrogens is 1. The summed E-state index contributed by atoms with van der Waals surface area (Å²) in [4.78, 5) is 5.89. The zero-order valence-electron chi connectivity index (χ0n) is 9.62. The Kier molecular flexibility index (Phi) is 3.42. The summed E-state index contributed by atoms with van der Waals surface area (Å²) in [6, 6.07) is 0.183. The Balaban J connectivity index is 2.08. The van der Waals surface area contributed by atoms with Gasteiger partial charge >= 0.3 is 0 Å². The first-order chi connectivity index (χ1) is 7.18. The second-order valence-corrected chi connectivity index (χ2v) is 5.85. The van der Waals surface area contributed by atoms with E-state index in [4.69, 9.17) is 5.73 Å². The average molecular weight is 224 g/mol. The zero-order valence-corrected chi connectivity index (χ0v) is 10.4. The van der Waals surface area contributed by atoms with Gasteiger partial charge in [0.25, 0.3) is 0 Å². The van der Waals surface area contributed by atoms with Crippen molar-refractivity contribution in [2.24, 2.45) is 11.7 Å². The van der Waals surface area contributed by atoms with Crippen LogP contribution in [0.3, 0.4) is 0 Å². The Labute approximate surface area is 95.9 Å². The molecular weight excluding hydrogens is 204 g/mol. The zero-order chi connectivity index (χ0) is 10.8. The lowest BCUT2D eigenvalue weighted by Crippen LogP contribution is -2.23. The van der Waals surface area contributed by atoms with Crippen LogP contribution in [0.1, 0.15) is 53.7 Å². The van der Waals surface area contributed by atoms with E-state index in [2.05, 4.69) is 18.8 Å². The molecule has 2 rings (SSSR count). The highest BCUT2D eigenvalue weighted by molar-refractivity contribution is 7.11. The fraction of sp³-hybridized carbons (Fsp3) is 0.750. The smallest absolute Gasteiger partial charge is 0.110 e. The molecule has 1 atom stereocenters. The predicted molar refractivity (Wildman–Crippen MR) is 65.1 cm³/mol. The minimum atomic E-state index is 0.183. The third-order valence-corrected chi connectivity index (χ3v) is 4.66. The van der Waals surface area contributed by atoms with E-state index in [-0.39, 0.29) is 6.04 Å². The molecule has 1 aromatic heterocycles. The molecule has 1 unspecified atom stereocenters. The predicted octanol–water partition coefficient (Wildman–Crippen LogP) is 3.34. The summed E-state index contributed by atoms with van der Waals surface area (Å²) in [7, 11) is 0. The van der Waals surface area contributed by atoms with Crippen LogP contribution in [0.15, 0.2) is 0 Å². The van der Waals surface area contributed by atoms with Crippen LogP contribution in [-0.2, 0) is 0 Å². The van der Waals surface area contributed by atoms with Gasteiger partial charge in [-0.3, -0.25) is 0 Å². The van der Waals surface area contributed by atoms with Gasteiger partial charge in [-0.25, -0.2) is 4.98 Å². The lowest BCUT2D eigenvalue weighted by Gasteiger charge is -2.25. The molecule has 0 bridgehead atoms. The maximum atomic E-state index is 6.30. The van der Waals surface area contributed by atoms with E-state index >= 15 is 0 Å². The van der Waals surface area contributed by atoms with Gasteiger partial charge in [-0.1, -0.05) is 19.3 Å². The van der Waals surface area contributed by atoms with E-state index in [0.29, 0.717) is 5.92 Å². The summed E-state index contributed by atoms with van der Waals surface area (Å²) in [5, 5.41) is 1.15. The number of aryl methyl sites for hydroxylation is 2. The molecule has 15 heavy (non-hydrogen) atoms. The Morgan fingerprint density at radius 3 is 2.47 bits per heavy atom. The monoisotopic (exact) mass is 224 g/mol. The number of nitrogens with two attached hydrogens (primary N) is 1. The Morgan fingerprint density at radius 1 is 1.27 bits per heavy atom. The number of nitrogens with zero attached hydrogens (tertiary/aromatic N) is 1. The minimum Gasteiger partial charge on any atom is -0.322 e. The molecule has 2 N–H and O–H groups in total. The molecule has 1 aliphatic carbocycles. The summed E-state index contributed by atoms with van der Waals surface area (Å²) in [6.07, 6.45) is 6.67. The molecule has 1 aliphatic rings. The summed E-state index contributed by atoms with van der Waals surface area (Å²) >= 11 is 1.78. The minimum absolute atomic E-state index is 0.183. The van der Waals surface area contributed by atoms with Crippen molar-refractivity contribution >= 4 is 11.3 Å². The first-order valence-corrected chi connectivity index (χ1v) is 6.69. The first kappa shape index (κ1) is 11.1. The van der Waals surface area contributed by atoms with Gasteiger partial charge in [0.2, 0.25) is 0 Å². The van der Waals surface area contributed by atoms with Gasteiger partial charge in [-0.2, -0.15) is 0 Å². The van der Waals surface area contributed by atoms with Crippen LogP contribution in [0, 0.1) is 19.8 Å². The van der Waals surface area contributed by atoms with Crippen LogP contribution in [0.25, 0.3) is 0 Å². The van der Waals surface area contributed by atoms with E-state index in [1.807, 2.05) is 0 Å². The van der Waals surface area contributed by atoms with E-state index in [9.17, 15) is 0 Å². The SMILES string of the molecule is Cc1nc(C(N)C2CCCCC2)sc1C. The number of hydrogen-bond donors (Lipinski definition) is 1. The summed E-state index contributed by atoms with van der Waals surface area (Å²) in [5.41, 5.74) is 7.45. The molecule has 0 aromatic carbocycles. The third-order valence-electron chi connectivity index (χ3n) is 3.49. The maximum Gasteiger partial charge on any atom is 0.110 e. The van der Waals surface area contributed by atoms with Crippen molar-refractivity contribution < 1.29 is 0 Å². The summed E-state index contributed by atoms with van der Waals surface area (Å²) < 4.78 is 0. The van der Waals surface area contributed by atoms with Gasteiger partial charge in [0.1, 0.15) is 5.01 Å². The molecule has 1 saturated carbocycles. The molecule has 0 saturated heterocycles. The van der Waals surface area contributed by atoms with Gasteiger partial charge in [0.05, 0.1) is 11.7 Å². The summed E-state index contributed by atoms with van der Waals surface area (Å²) in [6.45, 7) is 4.20. The van der Waals surface area contributed by atoms with Crippen molar-refractivity contribution in [2.75, 3.05) is 0 Å². The first-order valence-electron chi connectivity index (χ1n) is 5.88. The van der Waals surface area contributed by atoms with E-state index in [1.54, 1.807) is 11.3 Å². The molecule has 0 spiro atoms. The molecule has 1 fully saturated rings. The quantitative estimate of drug-likeness (QED) is 0.836. The van der Waals surface area contributed by atoms with Crippen LogP contribution < -0.4 is 5.73 Å². The van der Waals surface area contributed by atoms with E-state index in [1.165, 1.54) is 37.0 Å². The largest absolute Gasteiger partial charge is 0.322 e. The molecule has 2 nitrogen and oxygen atoms in total. The van der Waals surface area contributed by atoms with Gasteiger partial charge in [0, 0.05) is 4.88 Å². The van der Waals surface area contributed by atoms with Crippen LogP contribution in [0.5, 0.6) is 0 Å². The molecule has 1 aromatic rings. The maximum absolute atomic E-state index is 6.30. The summed E-state index contributed by atoms with van der Waals surface area (Å²) in [5.74, 6) is 0.670. The van der Waals surface area contributed by atoms with Crippen molar-refractivity contribution in [2.45, 2.75) is 52.0 Å². The van der Waals surface area contributed by atoms with Gasteiger partial charge in [0.15, 0.2) is 0 Å². The van der Waals surface area contributed by atoms with Gasteiger partial charge in [-0.05, 0) is 32.6 Å². The normalized spacial score (nSPS) is 20.5. The van der Waals surface area contributed by atoms with E-state index in [0.717, 1.165) is 10.7 Å². The Bertz CT molecular complexity index is 307. The Morgan fingerprint density at radius 2 is 1.93 bits per heavy atom. The number of rotatable bonds is 2. The average Bonchev–Trinajstić information content (AvgIpc) is 2.59. The van der Waals surface area contributed by atoms with E-state index < -0.39 is 0 Å². The highest BCUT2D eigenvalue weighted by atomic mass is 32.1. The topological polar surface area (TPSA) is 38.9 Å². The molecular formula is C12H20N2S. The second-order valence-electron chi connectivity index (χ2n) is 4.62. The molecule has 0 radical (unpaired) electrons. The highest BCUT2D eigenvalue weighted by Gasteiger charge is 2.24. The molecule has 0 aliphatic heterocycles. The number of thiazole rings is 1. The van der Waals surface area contributed by atoms with Crippen molar-refractivity contribution in [3.8, 4) is 0 Å². The van der Waals surface area contributed by atoms with Crippen molar-refractivity contribution in [1.82, 2.24) is 4.98 Å². The second kappa shape index (κ2) is 4.62. The third kappa shape index (κ3) is 2.40. The van der Waals surface area contributed by atoms with Crippen LogP contribution >= 0.6 is 11.3 Å². The molecule has 0 amide bonds. The lowest BCUT2D eigenvalue weighted by atomic mass is 9.84. The van der Waals surface area contributed by atoms with Crippen molar-refractivity contribution in [1.29, 1.82) is 0 Å². The number of hydrogen-bond acceptors (Lipinski definition) is 3. The molecule has 1 heterocycles. The van der Waals surface area contributed by atoms with Crippen LogP contribution in [0.2, 0.25) is 0 Å². The Hall–Kier alpha value is -0.410. The fourth-order valence-corrected chi connectivity index (χ4v) is 3.35. The molecule has 3 heteroatoms. The highest BCUT2D eigenvalue weighted by Crippen LogP contribution is 2.34. The van der Waals surface area contributed by atoms with Crippen LogP contribution in [-0.4, -0.2) is 4.98 Å². The van der Waals surface area contributed by atoms with Crippen molar-refractivity contribution in [3.05, 3.63) is 15.6 Å².